The highest BCUT2D eigenvalue weighted by atomic mass is 35.5. The number of carbonyl (C=O) groups is 1. The van der Waals surface area contributed by atoms with Crippen LogP contribution in [0.2, 0.25) is 10.0 Å². The van der Waals surface area contributed by atoms with Crippen LogP contribution in [0.25, 0.3) is 11.5 Å². The van der Waals surface area contributed by atoms with E-state index in [-0.39, 0.29) is 0 Å². The lowest BCUT2D eigenvalue weighted by atomic mass is 10.2. The molecule has 10 nitrogen and oxygen atoms in total. The monoisotopic (exact) mass is 464 g/mol. The van der Waals surface area contributed by atoms with Gasteiger partial charge >= 0.3 is 0 Å². The number of carbonyl (C=O) groups excluding carboxylic acids is 1. The molecule has 12 heteroatoms. The topological polar surface area (TPSA) is 94.2 Å². The molecule has 1 atom stereocenters. The molecule has 1 unspecified atom stereocenters. The van der Waals surface area contributed by atoms with Gasteiger partial charge in [-0.15, -0.1) is 10.2 Å². The number of rotatable bonds is 6. The van der Waals surface area contributed by atoms with Gasteiger partial charge in [-0.25, -0.2) is 4.68 Å². The highest BCUT2D eigenvalue weighted by molar-refractivity contribution is 6.33. The van der Waals surface area contributed by atoms with E-state index in [2.05, 4.69) is 30.3 Å². The van der Waals surface area contributed by atoms with Crippen molar-refractivity contribution in [3.63, 3.8) is 0 Å². The minimum absolute atomic E-state index is 0.320. The van der Waals surface area contributed by atoms with Crippen LogP contribution in [0.5, 0.6) is 5.75 Å². The number of benzene rings is 1. The van der Waals surface area contributed by atoms with Gasteiger partial charge in [0.1, 0.15) is 5.75 Å². The summed E-state index contributed by atoms with van der Waals surface area (Å²) in [7, 11) is 3.26. The highest BCUT2D eigenvalue weighted by Crippen LogP contribution is 2.32. The normalized spacial score (nSPS) is 15.8. The van der Waals surface area contributed by atoms with Gasteiger partial charge in [0.25, 0.3) is 0 Å². The predicted octanol–water partition coefficient (Wildman–Crippen LogP) is 2.22. The first kappa shape index (κ1) is 21.5. The zero-order valence-corrected chi connectivity index (χ0v) is 18.9. The molecule has 31 heavy (non-hydrogen) atoms. The molecule has 0 spiro atoms. The lowest BCUT2D eigenvalue weighted by Crippen LogP contribution is -2.49. The maximum Gasteiger partial charge on any atom is 0.226 e. The van der Waals surface area contributed by atoms with Crippen LogP contribution >= 0.6 is 23.2 Å². The molecule has 0 radical (unpaired) electrons. The zero-order valence-electron chi connectivity index (χ0n) is 17.4. The average Bonchev–Trinajstić information content (AvgIpc) is 3.33. The van der Waals surface area contributed by atoms with Crippen molar-refractivity contribution >= 4 is 35.2 Å². The van der Waals surface area contributed by atoms with Gasteiger partial charge < -0.3 is 9.64 Å². The molecule has 0 N–H and O–H groups in total. The molecule has 3 aromatic rings. The van der Waals surface area contributed by atoms with Crippen molar-refractivity contribution in [3.05, 3.63) is 33.9 Å². The second kappa shape index (κ2) is 8.81. The maximum atomic E-state index is 12.1. The molecule has 1 aromatic carbocycles. The van der Waals surface area contributed by atoms with E-state index in [0.717, 1.165) is 25.1 Å². The zero-order chi connectivity index (χ0) is 22.1. The molecule has 1 fully saturated rings. The number of anilines is 1. The van der Waals surface area contributed by atoms with Gasteiger partial charge in [0.15, 0.2) is 18.1 Å². The van der Waals surface area contributed by atoms with Crippen molar-refractivity contribution < 1.29 is 9.53 Å². The Hall–Kier alpha value is -2.69. The second-order valence-electron chi connectivity index (χ2n) is 7.19. The van der Waals surface area contributed by atoms with E-state index in [1.54, 1.807) is 18.8 Å². The standard InChI is InChI=1S/C19H22Cl2N8O2/c1-12-17(21)18(19-22-25-26(2)24-19)23-29(12)16(11-30)28-8-6-27(7-9-28)13-4-5-14(20)15(10-13)31-3/h4-5,10-11,16H,6-9H2,1-3H3. The largest absolute Gasteiger partial charge is 0.495 e. The summed E-state index contributed by atoms with van der Waals surface area (Å²) in [4.78, 5) is 17.7. The number of hydrogen-bond donors (Lipinski definition) is 0. The van der Waals surface area contributed by atoms with Gasteiger partial charge in [0.05, 0.1) is 29.9 Å². The molecule has 3 heterocycles. The van der Waals surface area contributed by atoms with Crippen molar-refractivity contribution in [1.82, 2.24) is 34.9 Å². The molecule has 0 amide bonds. The SMILES string of the molecule is COc1cc(N2CCN(C(C=O)n3nc(-c4nnn(C)n4)c(Cl)c3C)CC2)ccc1Cl. The smallest absolute Gasteiger partial charge is 0.226 e. The molecule has 1 aliphatic heterocycles. The van der Waals surface area contributed by atoms with Gasteiger partial charge in [-0.3, -0.25) is 9.69 Å². The number of piperazine rings is 1. The van der Waals surface area contributed by atoms with Crippen molar-refractivity contribution in [2.45, 2.75) is 13.1 Å². The summed E-state index contributed by atoms with van der Waals surface area (Å²) in [6, 6.07) is 5.72. The van der Waals surface area contributed by atoms with Gasteiger partial charge in [0, 0.05) is 37.9 Å². The third-order valence-electron chi connectivity index (χ3n) is 5.36. The number of nitrogens with zero attached hydrogens (tertiary/aromatic N) is 8. The number of aromatic nitrogens is 6. The van der Waals surface area contributed by atoms with Crippen molar-refractivity contribution in [2.24, 2.45) is 7.05 Å². The predicted molar refractivity (Wildman–Crippen MR) is 117 cm³/mol. The summed E-state index contributed by atoms with van der Waals surface area (Å²) in [6.07, 6.45) is 0.301. The molecule has 1 aliphatic rings. The number of halogens is 2. The van der Waals surface area contributed by atoms with E-state index < -0.39 is 6.17 Å². The second-order valence-corrected chi connectivity index (χ2v) is 7.97. The minimum Gasteiger partial charge on any atom is -0.495 e. The fourth-order valence-corrected chi connectivity index (χ4v) is 4.07. The van der Waals surface area contributed by atoms with Crippen LogP contribution in [0, 0.1) is 6.92 Å². The molecule has 0 saturated carbocycles. The summed E-state index contributed by atoms with van der Waals surface area (Å²) >= 11 is 12.6. The Bertz CT molecular complexity index is 1090. The van der Waals surface area contributed by atoms with Crippen LogP contribution in [0.3, 0.4) is 0 Å². The van der Waals surface area contributed by atoms with Gasteiger partial charge in [-0.05, 0) is 24.3 Å². The number of tetrazole rings is 1. The molecule has 0 bridgehead atoms. The fraction of sp³-hybridized carbons (Fsp3) is 0.421. The van der Waals surface area contributed by atoms with E-state index >= 15 is 0 Å². The molecule has 0 aliphatic carbocycles. The quantitative estimate of drug-likeness (QED) is 0.512. The minimum atomic E-state index is -0.579. The van der Waals surface area contributed by atoms with E-state index in [1.165, 1.54) is 4.80 Å². The van der Waals surface area contributed by atoms with Crippen molar-refractivity contribution in [1.29, 1.82) is 0 Å². The van der Waals surface area contributed by atoms with E-state index in [4.69, 9.17) is 27.9 Å². The van der Waals surface area contributed by atoms with Crippen LogP contribution in [0.4, 0.5) is 5.69 Å². The van der Waals surface area contributed by atoms with Gasteiger partial charge in [-0.1, -0.05) is 23.2 Å². The summed E-state index contributed by atoms with van der Waals surface area (Å²) in [5.41, 5.74) is 2.11. The summed E-state index contributed by atoms with van der Waals surface area (Å²) in [5, 5.41) is 17.5. The van der Waals surface area contributed by atoms with Gasteiger partial charge in [-0.2, -0.15) is 9.90 Å². The molecule has 164 valence electrons. The Morgan fingerprint density at radius 2 is 1.90 bits per heavy atom. The number of hydrogen-bond acceptors (Lipinski definition) is 8. The summed E-state index contributed by atoms with van der Waals surface area (Å²) in [5.74, 6) is 0.958. The van der Waals surface area contributed by atoms with Crippen LogP contribution < -0.4 is 9.64 Å². The van der Waals surface area contributed by atoms with E-state index in [1.807, 2.05) is 25.1 Å². The van der Waals surface area contributed by atoms with Crippen LogP contribution in [-0.4, -0.2) is 74.5 Å². The highest BCUT2D eigenvalue weighted by Gasteiger charge is 2.29. The van der Waals surface area contributed by atoms with Crippen LogP contribution in [0.15, 0.2) is 18.2 Å². The Labute approximate surface area is 189 Å². The number of aryl methyl sites for hydroxylation is 1. The molecule has 4 rings (SSSR count). The third-order valence-corrected chi connectivity index (χ3v) is 6.12. The number of methoxy groups -OCH3 is 1. The lowest BCUT2D eigenvalue weighted by molar-refractivity contribution is -0.116. The Morgan fingerprint density at radius 3 is 2.52 bits per heavy atom. The number of aldehydes is 1. The third kappa shape index (κ3) is 4.10. The van der Waals surface area contributed by atoms with Crippen molar-refractivity contribution in [3.8, 4) is 17.3 Å². The van der Waals surface area contributed by atoms with Crippen LogP contribution in [-0.2, 0) is 11.8 Å². The first-order valence-electron chi connectivity index (χ1n) is 9.69. The van der Waals surface area contributed by atoms with Crippen LogP contribution in [0.1, 0.15) is 11.9 Å². The molecule has 1 saturated heterocycles. The van der Waals surface area contributed by atoms with E-state index in [9.17, 15) is 4.79 Å². The fourth-order valence-electron chi connectivity index (χ4n) is 3.67. The number of ether oxygens (including phenoxy) is 1. The Balaban J connectivity index is 1.52. The van der Waals surface area contributed by atoms with Gasteiger partial charge in [0.2, 0.25) is 5.82 Å². The lowest BCUT2D eigenvalue weighted by Gasteiger charge is -2.38. The molecule has 2 aromatic heterocycles. The maximum absolute atomic E-state index is 12.1. The Kier molecular flexibility index (Phi) is 6.12. The summed E-state index contributed by atoms with van der Waals surface area (Å²) < 4.78 is 6.95. The first-order valence-corrected chi connectivity index (χ1v) is 10.4. The van der Waals surface area contributed by atoms with Crippen molar-refractivity contribution in [2.75, 3.05) is 38.2 Å². The first-order chi connectivity index (χ1) is 14.9. The molecular formula is C19H22Cl2N8O2. The Morgan fingerprint density at radius 1 is 1.16 bits per heavy atom. The van der Waals surface area contributed by atoms with E-state index in [0.29, 0.717) is 46.1 Å². The average molecular weight is 465 g/mol. The molecular weight excluding hydrogens is 443 g/mol. The summed E-state index contributed by atoms with van der Waals surface area (Å²) in [6.45, 7) is 4.64.